The summed E-state index contributed by atoms with van der Waals surface area (Å²) in [7, 11) is 0. The molecule has 1 aromatic carbocycles. The highest BCUT2D eigenvalue weighted by molar-refractivity contribution is 9.10. The van der Waals surface area contributed by atoms with Crippen molar-refractivity contribution in [3.63, 3.8) is 0 Å². The molecule has 14 heavy (non-hydrogen) atoms. The first-order valence-electron chi connectivity index (χ1n) is 4.82. The largest absolute Gasteiger partial charge is 0.330 e. The number of benzene rings is 1. The summed E-state index contributed by atoms with van der Waals surface area (Å²) >= 11 is 3.48. The summed E-state index contributed by atoms with van der Waals surface area (Å²) in [6.45, 7) is 3.41. The monoisotopic (exact) mass is 256 g/mol. The third kappa shape index (κ3) is 3.08. The van der Waals surface area contributed by atoms with Gasteiger partial charge in [0.25, 0.3) is 0 Å². The minimum Gasteiger partial charge on any atom is -0.330 e. The molecule has 0 radical (unpaired) electrons. The minimum absolute atomic E-state index is 0.399. The Morgan fingerprint density at radius 2 is 1.93 bits per heavy atom. The molecule has 0 saturated carbocycles. The fourth-order valence-electron chi connectivity index (χ4n) is 1.43. The Hall–Kier alpha value is -0.380. The molecule has 0 aliphatic rings. The molecule has 1 rings (SSSR count). The first kappa shape index (κ1) is 11.7. The van der Waals surface area contributed by atoms with Crippen LogP contribution < -0.4 is 11.5 Å². The fraction of sp³-hybridized carbons (Fsp3) is 0.455. The van der Waals surface area contributed by atoms with Crippen molar-refractivity contribution in [3.8, 4) is 0 Å². The topological polar surface area (TPSA) is 52.0 Å². The zero-order valence-corrected chi connectivity index (χ0v) is 10.0. The van der Waals surface area contributed by atoms with Crippen LogP contribution in [0.25, 0.3) is 0 Å². The Kier molecular flexibility index (Phi) is 4.58. The number of nitrogens with two attached hydrogens (primary N) is 2. The van der Waals surface area contributed by atoms with Crippen molar-refractivity contribution in [2.24, 2.45) is 17.4 Å². The summed E-state index contributed by atoms with van der Waals surface area (Å²) in [5, 5.41) is 0. The molecule has 0 bridgehead atoms. The Bertz CT molecular complexity index is 295. The first-order valence-corrected chi connectivity index (χ1v) is 5.61. The van der Waals surface area contributed by atoms with E-state index < -0.39 is 0 Å². The van der Waals surface area contributed by atoms with Crippen LogP contribution >= 0.6 is 15.9 Å². The van der Waals surface area contributed by atoms with E-state index in [1.165, 1.54) is 11.1 Å². The van der Waals surface area contributed by atoms with E-state index in [2.05, 4.69) is 41.1 Å². The Morgan fingerprint density at radius 1 is 1.29 bits per heavy atom. The van der Waals surface area contributed by atoms with Gasteiger partial charge < -0.3 is 11.5 Å². The molecule has 78 valence electrons. The molecule has 1 aromatic rings. The second kappa shape index (κ2) is 5.49. The molecule has 2 nitrogen and oxygen atoms in total. The van der Waals surface area contributed by atoms with Crippen LogP contribution in [0.15, 0.2) is 22.7 Å². The van der Waals surface area contributed by atoms with E-state index in [1.54, 1.807) is 0 Å². The number of aryl methyl sites for hydroxylation is 1. The minimum atomic E-state index is 0.399. The van der Waals surface area contributed by atoms with Crippen LogP contribution in [0.2, 0.25) is 0 Å². The van der Waals surface area contributed by atoms with Gasteiger partial charge >= 0.3 is 0 Å². The van der Waals surface area contributed by atoms with Crippen molar-refractivity contribution in [1.82, 2.24) is 0 Å². The average molecular weight is 257 g/mol. The summed E-state index contributed by atoms with van der Waals surface area (Å²) in [6.07, 6.45) is 0.973. The highest BCUT2D eigenvalue weighted by Crippen LogP contribution is 2.18. The smallest absolute Gasteiger partial charge is 0.0204 e. The molecule has 0 aliphatic heterocycles. The van der Waals surface area contributed by atoms with Gasteiger partial charge in [-0.15, -0.1) is 0 Å². The van der Waals surface area contributed by atoms with E-state index in [-0.39, 0.29) is 0 Å². The van der Waals surface area contributed by atoms with Gasteiger partial charge in [0.2, 0.25) is 0 Å². The third-order valence-electron chi connectivity index (χ3n) is 2.41. The van der Waals surface area contributed by atoms with E-state index in [0.717, 1.165) is 10.9 Å². The van der Waals surface area contributed by atoms with Gasteiger partial charge in [-0.1, -0.05) is 28.1 Å². The van der Waals surface area contributed by atoms with Gasteiger partial charge in [-0.25, -0.2) is 0 Å². The second-order valence-electron chi connectivity index (χ2n) is 3.63. The molecule has 0 aromatic heterocycles. The normalized spacial score (nSPS) is 10.9. The van der Waals surface area contributed by atoms with Crippen LogP contribution in [-0.4, -0.2) is 13.1 Å². The molecule has 0 fully saturated rings. The molecule has 0 aliphatic carbocycles. The van der Waals surface area contributed by atoms with E-state index in [9.17, 15) is 0 Å². The zero-order valence-electron chi connectivity index (χ0n) is 8.46. The van der Waals surface area contributed by atoms with Gasteiger partial charge in [0, 0.05) is 4.47 Å². The van der Waals surface area contributed by atoms with Crippen molar-refractivity contribution in [2.75, 3.05) is 13.1 Å². The molecule has 4 N–H and O–H groups in total. The average Bonchev–Trinajstić information content (AvgIpc) is 2.19. The number of rotatable bonds is 4. The van der Waals surface area contributed by atoms with E-state index >= 15 is 0 Å². The van der Waals surface area contributed by atoms with Crippen molar-refractivity contribution in [2.45, 2.75) is 13.3 Å². The molecule has 3 heteroatoms. The van der Waals surface area contributed by atoms with Gasteiger partial charge in [0.15, 0.2) is 0 Å². The lowest BCUT2D eigenvalue weighted by atomic mass is 9.98. The SMILES string of the molecule is Cc1cc(CC(CN)CN)ccc1Br. The highest BCUT2D eigenvalue weighted by Gasteiger charge is 2.06. The van der Waals surface area contributed by atoms with Crippen LogP contribution in [0.4, 0.5) is 0 Å². The molecule has 0 heterocycles. The van der Waals surface area contributed by atoms with Gasteiger partial charge in [0.05, 0.1) is 0 Å². The maximum atomic E-state index is 5.61. The number of hydrogen-bond acceptors (Lipinski definition) is 2. The quantitative estimate of drug-likeness (QED) is 0.864. The molecule has 0 spiro atoms. The van der Waals surface area contributed by atoms with Gasteiger partial charge in [-0.05, 0) is 49.5 Å². The highest BCUT2D eigenvalue weighted by atomic mass is 79.9. The Morgan fingerprint density at radius 3 is 2.43 bits per heavy atom. The maximum absolute atomic E-state index is 5.61. The standard InChI is InChI=1S/C11H17BrN2/c1-8-4-9(2-3-11(8)12)5-10(6-13)7-14/h2-4,10H,5-7,13-14H2,1H3. The zero-order chi connectivity index (χ0) is 10.6. The predicted molar refractivity (Wildman–Crippen MR) is 64.2 cm³/mol. The molecule has 0 saturated heterocycles. The predicted octanol–water partition coefficient (Wildman–Crippen LogP) is 1.83. The fourth-order valence-corrected chi connectivity index (χ4v) is 1.68. The summed E-state index contributed by atoms with van der Waals surface area (Å²) in [5.74, 6) is 0.399. The molecule has 0 atom stereocenters. The number of hydrogen-bond donors (Lipinski definition) is 2. The lowest BCUT2D eigenvalue weighted by Crippen LogP contribution is -2.25. The van der Waals surface area contributed by atoms with Gasteiger partial charge in [-0.3, -0.25) is 0 Å². The summed E-state index contributed by atoms with van der Waals surface area (Å²) in [6, 6.07) is 6.38. The van der Waals surface area contributed by atoms with Crippen LogP contribution in [0.5, 0.6) is 0 Å². The van der Waals surface area contributed by atoms with Crippen LogP contribution in [0.3, 0.4) is 0 Å². The van der Waals surface area contributed by atoms with Crippen LogP contribution in [-0.2, 0) is 6.42 Å². The van der Waals surface area contributed by atoms with Gasteiger partial charge in [-0.2, -0.15) is 0 Å². The molecular formula is C11H17BrN2. The first-order chi connectivity index (χ1) is 6.67. The maximum Gasteiger partial charge on any atom is 0.0204 e. The summed E-state index contributed by atoms with van der Waals surface area (Å²) in [5.41, 5.74) is 13.8. The van der Waals surface area contributed by atoms with Crippen molar-refractivity contribution < 1.29 is 0 Å². The van der Waals surface area contributed by atoms with Crippen LogP contribution in [0.1, 0.15) is 11.1 Å². The molecular weight excluding hydrogens is 240 g/mol. The third-order valence-corrected chi connectivity index (χ3v) is 3.30. The summed E-state index contributed by atoms with van der Waals surface area (Å²) in [4.78, 5) is 0. The van der Waals surface area contributed by atoms with Crippen molar-refractivity contribution >= 4 is 15.9 Å². The lowest BCUT2D eigenvalue weighted by Gasteiger charge is -2.12. The summed E-state index contributed by atoms with van der Waals surface area (Å²) < 4.78 is 1.15. The Balaban J connectivity index is 2.72. The lowest BCUT2D eigenvalue weighted by molar-refractivity contribution is 0.548. The van der Waals surface area contributed by atoms with Gasteiger partial charge in [0.1, 0.15) is 0 Å². The van der Waals surface area contributed by atoms with E-state index in [0.29, 0.717) is 19.0 Å². The molecule has 0 unspecified atom stereocenters. The van der Waals surface area contributed by atoms with Crippen LogP contribution in [0, 0.1) is 12.8 Å². The number of halogens is 1. The second-order valence-corrected chi connectivity index (χ2v) is 4.48. The van der Waals surface area contributed by atoms with Crippen molar-refractivity contribution in [3.05, 3.63) is 33.8 Å². The van der Waals surface area contributed by atoms with E-state index in [4.69, 9.17) is 11.5 Å². The Labute approximate surface area is 93.8 Å². The van der Waals surface area contributed by atoms with E-state index in [1.807, 2.05) is 0 Å². The van der Waals surface area contributed by atoms with Crippen molar-refractivity contribution in [1.29, 1.82) is 0 Å². The molecule has 0 amide bonds.